The SMILES string of the molecule is Cc1cc(C)cc(-c2nnc(NC(=O)/C=C/c3ccc4c(c3)OCO4)o2)c1. The second-order valence-corrected chi connectivity index (χ2v) is 6.22. The average molecular weight is 363 g/mol. The van der Waals surface area contributed by atoms with Gasteiger partial charge in [0.2, 0.25) is 12.7 Å². The van der Waals surface area contributed by atoms with E-state index in [-0.39, 0.29) is 18.7 Å². The number of aryl methyl sites for hydroxylation is 2. The van der Waals surface area contributed by atoms with E-state index >= 15 is 0 Å². The van der Waals surface area contributed by atoms with E-state index in [1.165, 1.54) is 6.08 Å². The fraction of sp³-hybridized carbons (Fsp3) is 0.150. The van der Waals surface area contributed by atoms with Gasteiger partial charge in [0.15, 0.2) is 11.5 Å². The Morgan fingerprint density at radius 3 is 2.63 bits per heavy atom. The third-order valence-corrected chi connectivity index (χ3v) is 3.95. The Hall–Kier alpha value is -3.61. The molecule has 0 radical (unpaired) electrons. The normalized spacial score (nSPS) is 12.5. The van der Waals surface area contributed by atoms with Crippen molar-refractivity contribution in [2.24, 2.45) is 0 Å². The van der Waals surface area contributed by atoms with E-state index in [2.05, 4.69) is 21.6 Å². The van der Waals surface area contributed by atoms with E-state index in [4.69, 9.17) is 13.9 Å². The van der Waals surface area contributed by atoms with Gasteiger partial charge in [-0.05, 0) is 49.8 Å². The van der Waals surface area contributed by atoms with Gasteiger partial charge >= 0.3 is 6.01 Å². The minimum atomic E-state index is -0.372. The minimum absolute atomic E-state index is 0.0458. The van der Waals surface area contributed by atoms with Gasteiger partial charge in [0.05, 0.1) is 0 Å². The number of aromatic nitrogens is 2. The maximum Gasteiger partial charge on any atom is 0.322 e. The molecule has 0 unspecified atom stereocenters. The van der Waals surface area contributed by atoms with E-state index in [0.29, 0.717) is 17.4 Å². The van der Waals surface area contributed by atoms with Gasteiger partial charge in [0, 0.05) is 11.6 Å². The van der Waals surface area contributed by atoms with Gasteiger partial charge in [-0.3, -0.25) is 10.1 Å². The zero-order chi connectivity index (χ0) is 18.8. The summed E-state index contributed by atoms with van der Waals surface area (Å²) < 4.78 is 16.1. The van der Waals surface area contributed by atoms with Crippen molar-refractivity contribution in [1.29, 1.82) is 0 Å². The van der Waals surface area contributed by atoms with Crippen molar-refractivity contribution in [3.8, 4) is 23.0 Å². The van der Waals surface area contributed by atoms with Gasteiger partial charge in [0.1, 0.15) is 0 Å². The summed E-state index contributed by atoms with van der Waals surface area (Å²) in [6.45, 7) is 4.20. The van der Waals surface area contributed by atoms with Crippen molar-refractivity contribution in [3.05, 3.63) is 59.2 Å². The molecule has 3 aromatic rings. The number of amides is 1. The largest absolute Gasteiger partial charge is 0.454 e. The lowest BCUT2D eigenvalue weighted by atomic mass is 10.1. The summed E-state index contributed by atoms with van der Waals surface area (Å²) in [5, 5.41) is 10.4. The number of nitrogens with zero attached hydrogens (tertiary/aromatic N) is 2. The monoisotopic (exact) mass is 363 g/mol. The third kappa shape index (κ3) is 3.82. The molecule has 7 nitrogen and oxygen atoms in total. The zero-order valence-electron chi connectivity index (χ0n) is 14.9. The van der Waals surface area contributed by atoms with Gasteiger partial charge in [-0.25, -0.2) is 0 Å². The molecule has 27 heavy (non-hydrogen) atoms. The number of nitrogens with one attached hydrogen (secondary N) is 1. The smallest absolute Gasteiger partial charge is 0.322 e. The van der Waals surface area contributed by atoms with E-state index in [0.717, 1.165) is 22.3 Å². The summed E-state index contributed by atoms with van der Waals surface area (Å²) in [6, 6.07) is 11.4. The fourth-order valence-corrected chi connectivity index (χ4v) is 2.82. The number of hydrogen-bond donors (Lipinski definition) is 1. The Morgan fingerprint density at radius 2 is 1.81 bits per heavy atom. The second-order valence-electron chi connectivity index (χ2n) is 6.22. The highest BCUT2D eigenvalue weighted by atomic mass is 16.7. The third-order valence-electron chi connectivity index (χ3n) is 3.95. The first kappa shape index (κ1) is 16.8. The number of rotatable bonds is 4. The number of benzene rings is 2. The van der Waals surface area contributed by atoms with Crippen molar-refractivity contribution in [2.75, 3.05) is 12.1 Å². The van der Waals surface area contributed by atoms with Crippen LogP contribution in [0.15, 0.2) is 46.9 Å². The number of carbonyl (C=O) groups excluding carboxylic acids is 1. The number of anilines is 1. The standard InChI is InChI=1S/C20H17N3O4/c1-12-7-13(2)9-15(8-12)19-22-23-20(27-19)21-18(24)6-4-14-3-5-16-17(10-14)26-11-25-16/h3-10H,11H2,1-2H3,(H,21,23,24)/b6-4+. The molecule has 1 amide bonds. The molecule has 2 aromatic carbocycles. The number of hydrogen-bond acceptors (Lipinski definition) is 6. The highest BCUT2D eigenvalue weighted by molar-refractivity contribution is 6.00. The van der Waals surface area contributed by atoms with Gasteiger partial charge < -0.3 is 13.9 Å². The van der Waals surface area contributed by atoms with Crippen LogP contribution in [0.5, 0.6) is 11.5 Å². The van der Waals surface area contributed by atoms with Crippen LogP contribution in [-0.2, 0) is 4.79 Å². The van der Waals surface area contributed by atoms with Crippen LogP contribution in [0.4, 0.5) is 6.01 Å². The molecule has 0 saturated carbocycles. The maximum atomic E-state index is 12.1. The molecule has 0 aliphatic carbocycles. The molecule has 1 aliphatic rings. The molecule has 1 aromatic heterocycles. The van der Waals surface area contributed by atoms with Crippen LogP contribution in [0.2, 0.25) is 0 Å². The number of carbonyl (C=O) groups is 1. The molecule has 2 heterocycles. The quantitative estimate of drug-likeness (QED) is 0.711. The predicted molar refractivity (Wildman–Crippen MR) is 99.4 cm³/mol. The highest BCUT2D eigenvalue weighted by Crippen LogP contribution is 2.32. The van der Waals surface area contributed by atoms with Gasteiger partial charge in [-0.1, -0.05) is 28.4 Å². The molecule has 0 atom stereocenters. The van der Waals surface area contributed by atoms with Gasteiger partial charge in [-0.15, -0.1) is 5.10 Å². The summed E-state index contributed by atoms with van der Waals surface area (Å²) in [5.41, 5.74) is 3.83. The van der Waals surface area contributed by atoms with Crippen LogP contribution in [0, 0.1) is 13.8 Å². The zero-order valence-corrected chi connectivity index (χ0v) is 14.9. The van der Waals surface area contributed by atoms with E-state index in [1.807, 2.05) is 32.0 Å². The summed E-state index contributed by atoms with van der Waals surface area (Å²) in [4.78, 5) is 12.1. The average Bonchev–Trinajstić information content (AvgIpc) is 3.28. The number of ether oxygens (including phenoxy) is 2. The van der Waals surface area contributed by atoms with Crippen LogP contribution >= 0.6 is 0 Å². The first-order valence-corrected chi connectivity index (χ1v) is 8.38. The van der Waals surface area contributed by atoms with Crippen LogP contribution < -0.4 is 14.8 Å². The Bertz CT molecular complexity index is 1020. The van der Waals surface area contributed by atoms with Crippen LogP contribution in [0.25, 0.3) is 17.5 Å². The van der Waals surface area contributed by atoms with Crippen molar-refractivity contribution in [3.63, 3.8) is 0 Å². The molecule has 136 valence electrons. The molecule has 4 rings (SSSR count). The highest BCUT2D eigenvalue weighted by Gasteiger charge is 2.13. The lowest BCUT2D eigenvalue weighted by molar-refractivity contribution is -0.112. The molecule has 0 bridgehead atoms. The van der Waals surface area contributed by atoms with E-state index in [9.17, 15) is 4.79 Å². The lowest BCUT2D eigenvalue weighted by Crippen LogP contribution is -2.07. The molecule has 1 N–H and O–H groups in total. The summed E-state index contributed by atoms with van der Waals surface area (Å²) in [7, 11) is 0. The topological polar surface area (TPSA) is 86.5 Å². The first-order valence-electron chi connectivity index (χ1n) is 8.38. The number of fused-ring (bicyclic) bond motifs is 1. The van der Waals surface area contributed by atoms with Crippen LogP contribution in [0.1, 0.15) is 16.7 Å². The molecule has 0 spiro atoms. The van der Waals surface area contributed by atoms with Crippen molar-refractivity contribution < 1.29 is 18.7 Å². The minimum Gasteiger partial charge on any atom is -0.454 e. The summed E-state index contributed by atoms with van der Waals surface area (Å²) in [5.74, 6) is 1.34. The van der Waals surface area contributed by atoms with Gasteiger partial charge in [0.25, 0.3) is 5.91 Å². The molecule has 0 saturated heterocycles. The van der Waals surface area contributed by atoms with Crippen molar-refractivity contribution >= 4 is 18.0 Å². The summed E-state index contributed by atoms with van der Waals surface area (Å²) in [6.07, 6.45) is 3.05. The molecule has 1 aliphatic heterocycles. The predicted octanol–water partition coefficient (Wildman–Crippen LogP) is 3.73. The maximum absolute atomic E-state index is 12.1. The van der Waals surface area contributed by atoms with Crippen LogP contribution in [-0.4, -0.2) is 22.9 Å². The molecule has 0 fully saturated rings. The molecule has 7 heteroatoms. The molecular weight excluding hydrogens is 346 g/mol. The Kier molecular flexibility index (Phi) is 4.33. The van der Waals surface area contributed by atoms with E-state index < -0.39 is 0 Å². The van der Waals surface area contributed by atoms with Crippen molar-refractivity contribution in [1.82, 2.24) is 10.2 Å². The Labute approximate surface area is 155 Å². The van der Waals surface area contributed by atoms with E-state index in [1.54, 1.807) is 18.2 Å². The van der Waals surface area contributed by atoms with Gasteiger partial charge in [-0.2, -0.15) is 0 Å². The summed E-state index contributed by atoms with van der Waals surface area (Å²) >= 11 is 0. The lowest BCUT2D eigenvalue weighted by Gasteiger charge is -2.00. The first-order chi connectivity index (χ1) is 13.1. The molecular formula is C20H17N3O4. The van der Waals surface area contributed by atoms with Crippen LogP contribution in [0.3, 0.4) is 0 Å². The Balaban J connectivity index is 1.43. The fourth-order valence-electron chi connectivity index (χ4n) is 2.82. The second kappa shape index (κ2) is 6.95. The van der Waals surface area contributed by atoms with Crippen molar-refractivity contribution in [2.45, 2.75) is 13.8 Å². The Morgan fingerprint density at radius 1 is 1.04 bits per heavy atom.